The topological polar surface area (TPSA) is 37.0 Å². The fourth-order valence-electron chi connectivity index (χ4n) is 1.77. The molecule has 0 spiro atoms. The smallest absolute Gasteiger partial charge is 0.176 e. The van der Waals surface area contributed by atoms with Gasteiger partial charge < -0.3 is 10.6 Å². The molecule has 4 heteroatoms. The number of nitrogens with zero attached hydrogens (tertiary/aromatic N) is 1. The van der Waals surface area contributed by atoms with E-state index in [1.54, 1.807) is 0 Å². The van der Waals surface area contributed by atoms with E-state index in [-0.39, 0.29) is 0 Å². The van der Waals surface area contributed by atoms with E-state index in [1.165, 1.54) is 11.1 Å². The van der Waals surface area contributed by atoms with Gasteiger partial charge in [-0.05, 0) is 62.3 Å². The predicted octanol–water partition coefficient (Wildman–Crippen LogP) is 3.82. The molecular weight excluding hydrogens is 254 g/mol. The van der Waals surface area contributed by atoms with Crippen molar-refractivity contribution in [2.45, 2.75) is 20.8 Å². The molecule has 0 saturated carbocycles. The summed E-state index contributed by atoms with van der Waals surface area (Å²) in [6, 6.07) is 11.9. The summed E-state index contributed by atoms with van der Waals surface area (Å²) in [6.07, 6.45) is 0. The lowest BCUT2D eigenvalue weighted by atomic mass is 10.1. The van der Waals surface area contributed by atoms with E-state index in [4.69, 9.17) is 12.2 Å². The summed E-state index contributed by atoms with van der Waals surface area (Å²) in [4.78, 5) is 4.36. The molecule has 0 aliphatic heterocycles. The van der Waals surface area contributed by atoms with Gasteiger partial charge in [0, 0.05) is 11.4 Å². The number of benzene rings is 1. The number of anilines is 2. The minimum atomic E-state index is 0.548. The zero-order valence-electron chi connectivity index (χ0n) is 11.3. The van der Waals surface area contributed by atoms with Crippen LogP contribution in [0.25, 0.3) is 0 Å². The standard InChI is InChI=1S/C15H17N3S/c1-10-6-4-8-13(12(10)3)17-15(19)18-14-9-5-7-11(2)16-14/h4-9H,1-3H3,(H2,16,17,18,19). The molecule has 1 aromatic carbocycles. The predicted molar refractivity (Wildman–Crippen MR) is 84.7 cm³/mol. The first kappa shape index (κ1) is 13.5. The average molecular weight is 271 g/mol. The van der Waals surface area contributed by atoms with Gasteiger partial charge in [-0.2, -0.15) is 0 Å². The first-order valence-corrected chi connectivity index (χ1v) is 6.55. The molecule has 2 N–H and O–H groups in total. The molecular formula is C15H17N3S. The van der Waals surface area contributed by atoms with Gasteiger partial charge in [0.05, 0.1) is 0 Å². The number of pyridine rings is 1. The largest absolute Gasteiger partial charge is 0.332 e. The summed E-state index contributed by atoms with van der Waals surface area (Å²) in [7, 11) is 0. The Morgan fingerprint density at radius 3 is 2.47 bits per heavy atom. The number of aromatic nitrogens is 1. The highest BCUT2D eigenvalue weighted by atomic mass is 32.1. The van der Waals surface area contributed by atoms with Crippen molar-refractivity contribution >= 4 is 28.8 Å². The second kappa shape index (κ2) is 5.80. The van der Waals surface area contributed by atoms with Gasteiger partial charge in [0.2, 0.25) is 0 Å². The van der Waals surface area contributed by atoms with E-state index in [1.807, 2.05) is 37.3 Å². The van der Waals surface area contributed by atoms with Crippen molar-refractivity contribution in [1.82, 2.24) is 4.98 Å². The van der Waals surface area contributed by atoms with Crippen LogP contribution < -0.4 is 10.6 Å². The Balaban J connectivity index is 2.08. The first-order chi connectivity index (χ1) is 9.06. The molecule has 98 valence electrons. The quantitative estimate of drug-likeness (QED) is 0.814. The number of aryl methyl sites for hydroxylation is 2. The zero-order valence-corrected chi connectivity index (χ0v) is 12.1. The van der Waals surface area contributed by atoms with Gasteiger partial charge >= 0.3 is 0 Å². The van der Waals surface area contributed by atoms with Crippen LogP contribution in [-0.2, 0) is 0 Å². The minimum Gasteiger partial charge on any atom is -0.332 e. The Hall–Kier alpha value is -1.94. The maximum Gasteiger partial charge on any atom is 0.176 e. The van der Waals surface area contributed by atoms with E-state index in [9.17, 15) is 0 Å². The highest BCUT2D eigenvalue weighted by Gasteiger charge is 2.03. The molecule has 19 heavy (non-hydrogen) atoms. The highest BCUT2D eigenvalue weighted by molar-refractivity contribution is 7.80. The molecule has 0 aliphatic rings. The van der Waals surface area contributed by atoms with Crippen LogP contribution in [0.5, 0.6) is 0 Å². The van der Waals surface area contributed by atoms with Crippen LogP contribution in [0.1, 0.15) is 16.8 Å². The van der Waals surface area contributed by atoms with Crippen molar-refractivity contribution in [3.8, 4) is 0 Å². The molecule has 1 heterocycles. The van der Waals surface area contributed by atoms with Gasteiger partial charge in [0.25, 0.3) is 0 Å². The molecule has 0 atom stereocenters. The molecule has 0 bridgehead atoms. The van der Waals surface area contributed by atoms with Crippen molar-refractivity contribution in [1.29, 1.82) is 0 Å². The Morgan fingerprint density at radius 1 is 1.00 bits per heavy atom. The molecule has 3 nitrogen and oxygen atoms in total. The van der Waals surface area contributed by atoms with Crippen molar-refractivity contribution in [2.24, 2.45) is 0 Å². The second-order valence-corrected chi connectivity index (χ2v) is 4.90. The maximum absolute atomic E-state index is 5.30. The fraction of sp³-hybridized carbons (Fsp3) is 0.200. The van der Waals surface area contributed by atoms with Crippen LogP contribution >= 0.6 is 12.2 Å². The SMILES string of the molecule is Cc1cccc(NC(=S)Nc2cccc(C)c2C)n1. The Bertz CT molecular complexity index is 608. The number of thiocarbonyl (C=S) groups is 1. The number of nitrogens with one attached hydrogen (secondary N) is 2. The first-order valence-electron chi connectivity index (χ1n) is 6.14. The van der Waals surface area contributed by atoms with Gasteiger partial charge in [-0.3, -0.25) is 0 Å². The summed E-state index contributed by atoms with van der Waals surface area (Å²) < 4.78 is 0. The van der Waals surface area contributed by atoms with Crippen molar-refractivity contribution in [3.05, 3.63) is 53.2 Å². The fourth-order valence-corrected chi connectivity index (χ4v) is 1.98. The van der Waals surface area contributed by atoms with E-state index in [0.717, 1.165) is 17.2 Å². The molecule has 2 aromatic rings. The van der Waals surface area contributed by atoms with Crippen LogP contribution in [-0.4, -0.2) is 10.1 Å². The van der Waals surface area contributed by atoms with Crippen molar-refractivity contribution in [2.75, 3.05) is 10.6 Å². The maximum atomic E-state index is 5.30. The Kier molecular flexibility index (Phi) is 4.12. The van der Waals surface area contributed by atoms with Gasteiger partial charge in [0.15, 0.2) is 5.11 Å². The van der Waals surface area contributed by atoms with Crippen LogP contribution in [0.3, 0.4) is 0 Å². The molecule has 0 saturated heterocycles. The van der Waals surface area contributed by atoms with E-state index in [0.29, 0.717) is 5.11 Å². The minimum absolute atomic E-state index is 0.548. The summed E-state index contributed by atoms with van der Waals surface area (Å²) in [6.45, 7) is 6.11. The van der Waals surface area contributed by atoms with Gasteiger partial charge in [-0.25, -0.2) is 4.98 Å². The van der Waals surface area contributed by atoms with Crippen LogP contribution in [0.15, 0.2) is 36.4 Å². The molecule has 1 aromatic heterocycles. The van der Waals surface area contributed by atoms with E-state index >= 15 is 0 Å². The molecule has 0 aliphatic carbocycles. The normalized spacial score (nSPS) is 10.1. The highest BCUT2D eigenvalue weighted by Crippen LogP contribution is 2.18. The lowest BCUT2D eigenvalue weighted by Crippen LogP contribution is -2.20. The average Bonchev–Trinajstić information content (AvgIpc) is 2.35. The molecule has 0 unspecified atom stereocenters. The van der Waals surface area contributed by atoms with E-state index < -0.39 is 0 Å². The van der Waals surface area contributed by atoms with Gasteiger partial charge in [0.1, 0.15) is 5.82 Å². The third-order valence-corrected chi connectivity index (χ3v) is 3.19. The zero-order chi connectivity index (χ0) is 13.8. The van der Waals surface area contributed by atoms with Crippen LogP contribution in [0, 0.1) is 20.8 Å². The number of hydrogen-bond acceptors (Lipinski definition) is 2. The van der Waals surface area contributed by atoms with Gasteiger partial charge in [-0.15, -0.1) is 0 Å². The van der Waals surface area contributed by atoms with E-state index in [2.05, 4.69) is 35.5 Å². The molecule has 2 rings (SSSR count). The third kappa shape index (κ3) is 3.51. The Morgan fingerprint density at radius 2 is 1.74 bits per heavy atom. The van der Waals surface area contributed by atoms with Crippen molar-refractivity contribution < 1.29 is 0 Å². The third-order valence-electron chi connectivity index (χ3n) is 2.98. The summed E-state index contributed by atoms with van der Waals surface area (Å²) in [5.41, 5.74) is 4.41. The van der Waals surface area contributed by atoms with Crippen LogP contribution in [0.2, 0.25) is 0 Å². The lowest BCUT2D eigenvalue weighted by molar-refractivity contribution is 1.20. The molecule has 0 amide bonds. The number of rotatable bonds is 2. The molecule has 0 radical (unpaired) electrons. The number of hydrogen-bond donors (Lipinski definition) is 2. The Labute approximate surface area is 119 Å². The second-order valence-electron chi connectivity index (χ2n) is 4.49. The summed E-state index contributed by atoms with van der Waals surface area (Å²) >= 11 is 5.30. The monoisotopic (exact) mass is 271 g/mol. The summed E-state index contributed by atoms with van der Waals surface area (Å²) in [5.74, 6) is 0.753. The van der Waals surface area contributed by atoms with Crippen molar-refractivity contribution in [3.63, 3.8) is 0 Å². The molecule has 0 fully saturated rings. The summed E-state index contributed by atoms with van der Waals surface area (Å²) in [5, 5.41) is 6.83. The van der Waals surface area contributed by atoms with Crippen LogP contribution in [0.4, 0.5) is 11.5 Å². The lowest BCUT2D eigenvalue weighted by Gasteiger charge is -2.13. The van der Waals surface area contributed by atoms with Gasteiger partial charge in [-0.1, -0.05) is 18.2 Å².